The highest BCUT2D eigenvalue weighted by atomic mass is 16.6. The van der Waals surface area contributed by atoms with Gasteiger partial charge in [0.05, 0.1) is 18.3 Å². The average molecular weight is 664 g/mol. The van der Waals surface area contributed by atoms with Crippen LogP contribution in [0.2, 0.25) is 0 Å². The van der Waals surface area contributed by atoms with E-state index in [-0.39, 0.29) is 18.9 Å². The van der Waals surface area contributed by atoms with Crippen molar-refractivity contribution in [3.05, 3.63) is 108 Å². The number of carbonyl (C=O) groups excluding carboxylic acids is 2. The van der Waals surface area contributed by atoms with Gasteiger partial charge in [-0.2, -0.15) is 15.1 Å². The maximum Gasteiger partial charge on any atom is 0.293 e. The van der Waals surface area contributed by atoms with Gasteiger partial charge >= 0.3 is 0 Å². The minimum atomic E-state index is -1.07. The van der Waals surface area contributed by atoms with Gasteiger partial charge in [-0.3, -0.25) is 19.3 Å². The molecular formula is C33H33N11O5. The number of rotatable bonds is 15. The number of anilines is 2. The third-order valence-corrected chi connectivity index (χ3v) is 8.31. The van der Waals surface area contributed by atoms with Crippen molar-refractivity contribution in [2.24, 2.45) is 7.05 Å². The molecular weight excluding hydrogens is 630 g/mol. The number of hydrogen-bond donors (Lipinski definition) is 3. The molecule has 4 atom stereocenters. The maximum absolute atomic E-state index is 11.7. The number of carbonyl (C=O) groups is 2. The van der Waals surface area contributed by atoms with Crippen LogP contribution < -0.4 is 10.6 Å². The number of aromatic amines is 1. The number of nitrogens with zero attached hydrogens (tertiary/aromatic N) is 8. The molecule has 1 saturated heterocycles. The zero-order valence-corrected chi connectivity index (χ0v) is 26.4. The molecule has 1 fully saturated rings. The molecule has 1 aliphatic heterocycles. The Hall–Kier alpha value is -6.16. The number of hydrogen-bond acceptors (Lipinski definition) is 13. The molecule has 7 rings (SSSR count). The molecule has 49 heavy (non-hydrogen) atoms. The number of ether oxygens (including phenoxy) is 3. The van der Waals surface area contributed by atoms with E-state index >= 15 is 0 Å². The predicted octanol–water partition coefficient (Wildman–Crippen LogP) is 2.93. The largest absolute Gasteiger partial charge is 0.457 e. The fourth-order valence-electron chi connectivity index (χ4n) is 6.06. The second-order valence-electron chi connectivity index (χ2n) is 11.4. The Labute approximate surface area is 279 Å². The number of fused-ring (bicyclic) bond motifs is 1. The van der Waals surface area contributed by atoms with Crippen LogP contribution in [0.15, 0.2) is 85.8 Å². The van der Waals surface area contributed by atoms with Crippen molar-refractivity contribution in [1.29, 1.82) is 0 Å². The van der Waals surface area contributed by atoms with Crippen LogP contribution in [0.5, 0.6) is 0 Å². The first-order valence-electron chi connectivity index (χ1n) is 15.6. The van der Waals surface area contributed by atoms with Gasteiger partial charge < -0.3 is 29.4 Å². The fraction of sp³-hybridized carbons (Fsp3) is 0.273. The Morgan fingerprint density at radius 3 is 2.31 bits per heavy atom. The number of imidazole rings is 2. The summed E-state index contributed by atoms with van der Waals surface area (Å²) >= 11 is 0. The van der Waals surface area contributed by atoms with Gasteiger partial charge in [0.25, 0.3) is 12.9 Å². The molecule has 16 nitrogen and oxygen atoms in total. The van der Waals surface area contributed by atoms with E-state index in [9.17, 15) is 9.59 Å². The first-order chi connectivity index (χ1) is 24.1. The number of aryl methyl sites for hydroxylation is 1. The van der Waals surface area contributed by atoms with E-state index in [4.69, 9.17) is 24.2 Å². The Balaban J connectivity index is 1.25. The first-order valence-corrected chi connectivity index (χ1v) is 15.6. The average Bonchev–Trinajstić information content (AvgIpc) is 3.94. The molecule has 0 saturated carbocycles. The van der Waals surface area contributed by atoms with E-state index in [0.29, 0.717) is 48.3 Å². The summed E-state index contributed by atoms with van der Waals surface area (Å²) in [6.45, 7) is 1.56. The third kappa shape index (κ3) is 6.66. The SMILES string of the molecule is Cn1cnc(CCNc2nc(NCC(c3ccccc3)c3ccccc3)c3ncn([C@@H]4O[C@H](c5ncn[nH]5)[C@H](OC=O)[C@H]4OC=O)c3n2)c1. The molecule has 0 spiro atoms. The van der Waals surface area contributed by atoms with Crippen LogP contribution in [0.3, 0.4) is 0 Å². The summed E-state index contributed by atoms with van der Waals surface area (Å²) in [5.41, 5.74) is 4.04. The molecule has 6 aromatic rings. The highest BCUT2D eigenvalue weighted by molar-refractivity contribution is 5.84. The van der Waals surface area contributed by atoms with Crippen LogP contribution in [0, 0.1) is 0 Å². The molecule has 5 heterocycles. The summed E-state index contributed by atoms with van der Waals surface area (Å²) in [5, 5.41) is 13.5. The van der Waals surface area contributed by atoms with E-state index in [2.05, 4.69) is 60.0 Å². The Bertz CT molecular complexity index is 1940. The Morgan fingerprint density at radius 2 is 1.65 bits per heavy atom. The summed E-state index contributed by atoms with van der Waals surface area (Å²) in [7, 11) is 1.92. The van der Waals surface area contributed by atoms with Crippen molar-refractivity contribution < 1.29 is 23.8 Å². The Morgan fingerprint density at radius 1 is 0.918 bits per heavy atom. The smallest absolute Gasteiger partial charge is 0.293 e. The third-order valence-electron chi connectivity index (χ3n) is 8.31. The lowest BCUT2D eigenvalue weighted by Crippen LogP contribution is -2.34. The van der Waals surface area contributed by atoms with E-state index in [1.165, 1.54) is 12.7 Å². The normalized spacial score (nSPS) is 18.8. The zero-order chi connectivity index (χ0) is 33.6. The van der Waals surface area contributed by atoms with E-state index in [0.717, 1.165) is 16.8 Å². The van der Waals surface area contributed by atoms with Gasteiger partial charge in [0.2, 0.25) is 5.95 Å². The lowest BCUT2D eigenvalue weighted by molar-refractivity contribution is -0.151. The van der Waals surface area contributed by atoms with Gasteiger partial charge in [0.15, 0.2) is 47.3 Å². The van der Waals surface area contributed by atoms with Crippen molar-refractivity contribution >= 4 is 35.9 Å². The maximum atomic E-state index is 11.7. The quantitative estimate of drug-likeness (QED) is 0.136. The molecule has 250 valence electrons. The Kier molecular flexibility index (Phi) is 9.18. The van der Waals surface area contributed by atoms with Gasteiger partial charge in [-0.05, 0) is 11.1 Å². The molecule has 0 bridgehead atoms. The number of H-pyrrole nitrogens is 1. The highest BCUT2D eigenvalue weighted by Crippen LogP contribution is 2.42. The number of nitrogens with one attached hydrogen (secondary N) is 3. The lowest BCUT2D eigenvalue weighted by Gasteiger charge is -2.21. The van der Waals surface area contributed by atoms with Gasteiger partial charge in [-0.15, -0.1) is 0 Å². The van der Waals surface area contributed by atoms with Crippen molar-refractivity contribution in [1.82, 2.24) is 44.3 Å². The zero-order valence-electron chi connectivity index (χ0n) is 26.4. The monoisotopic (exact) mass is 663 g/mol. The van der Waals surface area contributed by atoms with Gasteiger partial charge in [0, 0.05) is 38.7 Å². The molecule has 2 aromatic carbocycles. The number of benzene rings is 2. The summed E-state index contributed by atoms with van der Waals surface area (Å²) in [6, 6.07) is 20.5. The highest BCUT2D eigenvalue weighted by Gasteiger charge is 2.51. The molecule has 0 unspecified atom stereocenters. The molecule has 4 aromatic heterocycles. The van der Waals surface area contributed by atoms with Gasteiger partial charge in [-0.1, -0.05) is 60.7 Å². The van der Waals surface area contributed by atoms with Crippen LogP contribution in [-0.4, -0.2) is 82.5 Å². The molecule has 0 amide bonds. The van der Waals surface area contributed by atoms with Gasteiger partial charge in [-0.25, -0.2) is 15.0 Å². The second kappa shape index (κ2) is 14.3. The minimum Gasteiger partial charge on any atom is -0.457 e. The van der Waals surface area contributed by atoms with E-state index < -0.39 is 24.5 Å². The van der Waals surface area contributed by atoms with Crippen molar-refractivity contribution in [2.75, 3.05) is 23.7 Å². The van der Waals surface area contributed by atoms with Crippen LogP contribution in [0.4, 0.5) is 11.8 Å². The van der Waals surface area contributed by atoms with Crippen molar-refractivity contribution in [3.8, 4) is 0 Å². The molecule has 0 aliphatic carbocycles. The predicted molar refractivity (Wildman–Crippen MR) is 175 cm³/mol. The summed E-state index contributed by atoms with van der Waals surface area (Å²) in [6.07, 6.45) is 3.15. The summed E-state index contributed by atoms with van der Waals surface area (Å²) in [4.78, 5) is 46.1. The first kappa shape index (κ1) is 31.4. The summed E-state index contributed by atoms with van der Waals surface area (Å²) < 4.78 is 20.7. The van der Waals surface area contributed by atoms with Crippen molar-refractivity contribution in [3.63, 3.8) is 0 Å². The minimum absolute atomic E-state index is 0.00233. The van der Waals surface area contributed by atoms with Crippen LogP contribution in [0.1, 0.15) is 40.9 Å². The molecule has 3 N–H and O–H groups in total. The van der Waals surface area contributed by atoms with E-state index in [1.54, 1.807) is 10.9 Å². The fourth-order valence-corrected chi connectivity index (χ4v) is 6.06. The summed E-state index contributed by atoms with van der Waals surface area (Å²) in [5.74, 6) is 1.11. The van der Waals surface area contributed by atoms with Crippen LogP contribution >= 0.6 is 0 Å². The molecule has 1 aliphatic rings. The van der Waals surface area contributed by atoms with Crippen LogP contribution in [-0.2, 0) is 37.3 Å². The molecule has 0 radical (unpaired) electrons. The van der Waals surface area contributed by atoms with Gasteiger partial charge in [0.1, 0.15) is 6.33 Å². The standard InChI is InChI=1S/C33H33N11O5/c1-43-15-23(37-17-43)12-13-34-33-40-29(35-14-24(21-8-4-2-5-9-21)22-10-6-3-7-11-22)25-31(41-33)44(18-38-25)32-28(48-20-46)26(47-19-45)27(49-32)30-36-16-39-42-30/h2-11,15-20,24,26-28,32H,12-14H2,1H3,(H,36,39,42)(H2,34,35,40,41)/t26-,27-,28+,32+/m0/s1. The number of aromatic nitrogens is 9. The molecule has 16 heteroatoms. The second-order valence-corrected chi connectivity index (χ2v) is 11.4. The van der Waals surface area contributed by atoms with Crippen LogP contribution in [0.25, 0.3) is 11.2 Å². The van der Waals surface area contributed by atoms with E-state index in [1.807, 2.05) is 54.2 Å². The van der Waals surface area contributed by atoms with Crippen molar-refractivity contribution in [2.45, 2.75) is 36.9 Å². The topological polar surface area (TPSA) is 189 Å². The lowest BCUT2D eigenvalue weighted by atomic mass is 9.91.